The Kier molecular flexibility index (Phi) is 2.08. The highest BCUT2D eigenvalue weighted by Gasteiger charge is 2.12. The molecule has 2 heterocycles. The Bertz CT molecular complexity index is 713. The molecule has 3 nitrogen and oxygen atoms in total. The molecule has 0 aliphatic heterocycles. The molecule has 3 aromatic rings. The van der Waals surface area contributed by atoms with Gasteiger partial charge in [0.25, 0.3) is 0 Å². The maximum Gasteiger partial charge on any atom is 0.227 e. The average Bonchev–Trinajstić information content (AvgIpc) is 2.70. The number of furan rings is 1. The van der Waals surface area contributed by atoms with Crippen LogP contribution in [0.5, 0.6) is 5.75 Å². The van der Waals surface area contributed by atoms with Crippen LogP contribution in [0, 0.1) is 13.8 Å². The van der Waals surface area contributed by atoms with Crippen LogP contribution >= 0.6 is 0 Å². The standard InChI is InChI=1S/C14H13NO2/c1-8-7-11-9(2)10-5-4-6-12(16-3)13(10)15-14(11)17-8/h4-7H,1-3H3. The number of aryl methyl sites for hydroxylation is 2. The minimum Gasteiger partial charge on any atom is -0.494 e. The van der Waals surface area contributed by atoms with Gasteiger partial charge in [-0.1, -0.05) is 12.1 Å². The summed E-state index contributed by atoms with van der Waals surface area (Å²) in [6.45, 7) is 4.02. The van der Waals surface area contributed by atoms with Gasteiger partial charge in [-0.15, -0.1) is 0 Å². The molecule has 0 atom stereocenters. The summed E-state index contributed by atoms with van der Waals surface area (Å²) in [5, 5.41) is 2.18. The zero-order valence-electron chi connectivity index (χ0n) is 10.1. The Morgan fingerprint density at radius 3 is 2.76 bits per heavy atom. The van der Waals surface area contributed by atoms with Crippen molar-refractivity contribution in [1.29, 1.82) is 0 Å². The van der Waals surface area contributed by atoms with Crippen LogP contribution in [-0.2, 0) is 0 Å². The molecule has 0 aliphatic carbocycles. The Morgan fingerprint density at radius 2 is 2.00 bits per heavy atom. The number of para-hydroxylation sites is 1. The molecular formula is C14H13NO2. The van der Waals surface area contributed by atoms with Gasteiger partial charge in [-0.25, -0.2) is 4.98 Å². The minimum atomic E-state index is 0.678. The molecule has 3 rings (SSSR count). The van der Waals surface area contributed by atoms with Gasteiger partial charge >= 0.3 is 0 Å². The zero-order chi connectivity index (χ0) is 12.0. The molecule has 0 saturated carbocycles. The first kappa shape index (κ1) is 10.1. The predicted octanol–water partition coefficient (Wildman–Crippen LogP) is 3.61. The highest BCUT2D eigenvalue weighted by atomic mass is 16.5. The highest BCUT2D eigenvalue weighted by molar-refractivity contribution is 5.98. The van der Waals surface area contributed by atoms with E-state index in [0.717, 1.165) is 27.8 Å². The minimum absolute atomic E-state index is 0.678. The number of hydrogen-bond donors (Lipinski definition) is 0. The second-order valence-electron chi connectivity index (χ2n) is 4.17. The predicted molar refractivity (Wildman–Crippen MR) is 67.5 cm³/mol. The Morgan fingerprint density at radius 1 is 1.18 bits per heavy atom. The van der Waals surface area contributed by atoms with Crippen LogP contribution in [0.15, 0.2) is 28.7 Å². The van der Waals surface area contributed by atoms with Crippen LogP contribution in [0.2, 0.25) is 0 Å². The first-order valence-electron chi connectivity index (χ1n) is 5.54. The average molecular weight is 227 g/mol. The zero-order valence-corrected chi connectivity index (χ0v) is 10.1. The van der Waals surface area contributed by atoms with Crippen molar-refractivity contribution in [2.45, 2.75) is 13.8 Å². The molecule has 0 N–H and O–H groups in total. The summed E-state index contributed by atoms with van der Waals surface area (Å²) in [7, 11) is 1.66. The summed E-state index contributed by atoms with van der Waals surface area (Å²) >= 11 is 0. The van der Waals surface area contributed by atoms with Gasteiger partial charge in [0.2, 0.25) is 5.71 Å². The Balaban J connectivity index is 2.53. The number of nitrogens with zero attached hydrogens (tertiary/aromatic N) is 1. The third-order valence-electron chi connectivity index (χ3n) is 3.08. The number of methoxy groups -OCH3 is 1. The number of ether oxygens (including phenoxy) is 1. The van der Waals surface area contributed by atoms with Gasteiger partial charge in [-0.2, -0.15) is 0 Å². The fourth-order valence-electron chi connectivity index (χ4n) is 2.21. The van der Waals surface area contributed by atoms with E-state index in [9.17, 15) is 0 Å². The number of hydrogen-bond acceptors (Lipinski definition) is 3. The number of fused-ring (bicyclic) bond motifs is 2. The summed E-state index contributed by atoms with van der Waals surface area (Å²) < 4.78 is 10.9. The van der Waals surface area contributed by atoms with Crippen LogP contribution in [0.3, 0.4) is 0 Å². The van der Waals surface area contributed by atoms with E-state index in [1.54, 1.807) is 7.11 Å². The molecule has 0 amide bonds. The van der Waals surface area contributed by atoms with E-state index in [2.05, 4.69) is 18.0 Å². The van der Waals surface area contributed by atoms with Crippen molar-refractivity contribution < 1.29 is 9.15 Å². The van der Waals surface area contributed by atoms with Gasteiger partial charge in [0, 0.05) is 10.8 Å². The van der Waals surface area contributed by atoms with Crippen molar-refractivity contribution in [1.82, 2.24) is 4.98 Å². The lowest BCUT2D eigenvalue weighted by molar-refractivity contribution is 0.418. The van der Waals surface area contributed by atoms with Gasteiger partial charge in [0.05, 0.1) is 7.11 Å². The van der Waals surface area contributed by atoms with Gasteiger partial charge in [-0.3, -0.25) is 0 Å². The maximum absolute atomic E-state index is 5.59. The van der Waals surface area contributed by atoms with E-state index in [1.807, 2.05) is 25.1 Å². The van der Waals surface area contributed by atoms with E-state index in [-0.39, 0.29) is 0 Å². The molecule has 3 heteroatoms. The molecule has 0 unspecified atom stereocenters. The van der Waals surface area contributed by atoms with Crippen LogP contribution in [0.1, 0.15) is 11.3 Å². The monoisotopic (exact) mass is 227 g/mol. The van der Waals surface area contributed by atoms with Crippen molar-refractivity contribution in [3.8, 4) is 5.75 Å². The Hall–Kier alpha value is -2.03. The lowest BCUT2D eigenvalue weighted by atomic mass is 10.1. The molecular weight excluding hydrogens is 214 g/mol. The summed E-state index contributed by atoms with van der Waals surface area (Å²) in [6.07, 6.45) is 0. The van der Waals surface area contributed by atoms with E-state index >= 15 is 0 Å². The number of aromatic nitrogens is 1. The fraction of sp³-hybridized carbons (Fsp3) is 0.214. The lowest BCUT2D eigenvalue weighted by Gasteiger charge is -2.06. The molecule has 0 radical (unpaired) electrons. The SMILES string of the molecule is COc1cccc2c(C)c3cc(C)oc3nc12. The van der Waals surface area contributed by atoms with E-state index in [4.69, 9.17) is 9.15 Å². The molecule has 17 heavy (non-hydrogen) atoms. The molecule has 86 valence electrons. The molecule has 2 aromatic heterocycles. The van der Waals surface area contributed by atoms with Crippen molar-refractivity contribution in [2.75, 3.05) is 7.11 Å². The van der Waals surface area contributed by atoms with Crippen molar-refractivity contribution >= 4 is 22.0 Å². The van der Waals surface area contributed by atoms with Gasteiger partial charge in [0.15, 0.2) is 0 Å². The summed E-state index contributed by atoms with van der Waals surface area (Å²) in [4.78, 5) is 4.54. The van der Waals surface area contributed by atoms with Crippen molar-refractivity contribution in [2.24, 2.45) is 0 Å². The molecule has 0 fully saturated rings. The summed E-state index contributed by atoms with van der Waals surface area (Å²) in [6, 6.07) is 7.98. The topological polar surface area (TPSA) is 35.3 Å². The largest absolute Gasteiger partial charge is 0.494 e. The number of benzene rings is 1. The smallest absolute Gasteiger partial charge is 0.227 e. The molecule has 1 aromatic carbocycles. The van der Waals surface area contributed by atoms with Gasteiger partial charge < -0.3 is 9.15 Å². The van der Waals surface area contributed by atoms with Gasteiger partial charge in [0.1, 0.15) is 17.0 Å². The first-order valence-corrected chi connectivity index (χ1v) is 5.54. The molecule has 0 saturated heterocycles. The summed E-state index contributed by atoms with van der Waals surface area (Å²) in [5.74, 6) is 1.66. The maximum atomic E-state index is 5.59. The van der Waals surface area contributed by atoms with Crippen LogP contribution < -0.4 is 4.74 Å². The highest BCUT2D eigenvalue weighted by Crippen LogP contribution is 2.31. The molecule has 0 aliphatic rings. The first-order chi connectivity index (χ1) is 8.20. The normalized spacial score (nSPS) is 11.2. The second-order valence-corrected chi connectivity index (χ2v) is 4.17. The van der Waals surface area contributed by atoms with E-state index in [0.29, 0.717) is 5.71 Å². The van der Waals surface area contributed by atoms with Crippen molar-refractivity contribution in [3.05, 3.63) is 35.6 Å². The van der Waals surface area contributed by atoms with Crippen LogP contribution in [0.4, 0.5) is 0 Å². The second kappa shape index (κ2) is 3.48. The third kappa shape index (κ3) is 1.39. The van der Waals surface area contributed by atoms with E-state index in [1.165, 1.54) is 5.56 Å². The van der Waals surface area contributed by atoms with Crippen molar-refractivity contribution in [3.63, 3.8) is 0 Å². The quantitative estimate of drug-likeness (QED) is 0.637. The molecule has 0 spiro atoms. The molecule has 0 bridgehead atoms. The van der Waals surface area contributed by atoms with Crippen LogP contribution in [0.25, 0.3) is 22.0 Å². The lowest BCUT2D eigenvalue weighted by Crippen LogP contribution is -1.89. The Labute approximate surface area is 99.0 Å². The fourth-order valence-corrected chi connectivity index (χ4v) is 2.21. The number of rotatable bonds is 1. The van der Waals surface area contributed by atoms with Crippen LogP contribution in [-0.4, -0.2) is 12.1 Å². The van der Waals surface area contributed by atoms with E-state index < -0.39 is 0 Å². The van der Waals surface area contributed by atoms with Gasteiger partial charge in [-0.05, 0) is 31.5 Å². The summed E-state index contributed by atoms with van der Waals surface area (Å²) in [5.41, 5.74) is 2.71. The third-order valence-corrected chi connectivity index (χ3v) is 3.08. The number of pyridine rings is 1.